The Balaban J connectivity index is 2.29. The SMILES string of the molecule is C=C(C)C(=O)OCc1c(I)cc(I)cc1C(=O)Oc1ccc(S(=O)(=O)O)cc1. The third kappa shape index (κ3) is 5.99. The van der Waals surface area contributed by atoms with E-state index >= 15 is 0 Å². The van der Waals surface area contributed by atoms with Crippen LogP contribution < -0.4 is 4.74 Å². The molecule has 0 saturated heterocycles. The highest BCUT2D eigenvalue weighted by molar-refractivity contribution is 14.1. The molecule has 0 unspecified atom stereocenters. The minimum Gasteiger partial charge on any atom is -0.457 e. The predicted octanol–water partition coefficient (Wildman–Crippen LogP) is 3.98. The first-order chi connectivity index (χ1) is 13.0. The molecule has 0 heterocycles. The number of ether oxygens (including phenoxy) is 2. The zero-order valence-electron chi connectivity index (χ0n) is 14.4. The number of hydrogen-bond donors (Lipinski definition) is 1. The summed E-state index contributed by atoms with van der Waals surface area (Å²) in [7, 11) is -4.34. The summed E-state index contributed by atoms with van der Waals surface area (Å²) in [4.78, 5) is 24.0. The van der Waals surface area contributed by atoms with E-state index in [-0.39, 0.29) is 28.4 Å². The zero-order valence-corrected chi connectivity index (χ0v) is 19.6. The number of carbonyl (C=O) groups is 2. The molecule has 0 aliphatic rings. The summed E-state index contributed by atoms with van der Waals surface area (Å²) in [5.41, 5.74) is 0.934. The van der Waals surface area contributed by atoms with Gasteiger partial charge in [-0.15, -0.1) is 0 Å². The number of halogens is 2. The number of esters is 2. The van der Waals surface area contributed by atoms with E-state index in [1.54, 1.807) is 6.07 Å². The summed E-state index contributed by atoms with van der Waals surface area (Å²) in [5, 5.41) is 0. The highest BCUT2D eigenvalue weighted by Crippen LogP contribution is 2.24. The van der Waals surface area contributed by atoms with Crippen molar-refractivity contribution >= 4 is 67.2 Å². The molecule has 10 heteroatoms. The standard InChI is InChI=1S/C18H14I2O7S/c1-10(2)17(21)26-9-15-14(7-11(19)8-16(15)20)18(22)27-12-3-5-13(6-4-12)28(23,24)25/h3-8H,1,9H2,2H3,(H,23,24,25). The van der Waals surface area contributed by atoms with Gasteiger partial charge in [0, 0.05) is 18.3 Å². The van der Waals surface area contributed by atoms with Gasteiger partial charge in [-0.1, -0.05) is 6.58 Å². The van der Waals surface area contributed by atoms with Crippen molar-refractivity contribution in [1.82, 2.24) is 0 Å². The number of hydrogen-bond acceptors (Lipinski definition) is 6. The van der Waals surface area contributed by atoms with E-state index in [9.17, 15) is 18.0 Å². The van der Waals surface area contributed by atoms with E-state index in [1.807, 2.05) is 51.2 Å². The molecule has 2 aromatic rings. The Morgan fingerprint density at radius 3 is 2.29 bits per heavy atom. The molecule has 1 N–H and O–H groups in total. The quantitative estimate of drug-likeness (QED) is 0.170. The molecule has 0 amide bonds. The lowest BCUT2D eigenvalue weighted by Crippen LogP contribution is -2.15. The van der Waals surface area contributed by atoms with Crippen LogP contribution in [0.15, 0.2) is 53.4 Å². The summed E-state index contributed by atoms with van der Waals surface area (Å²) in [5.74, 6) is -1.18. The van der Waals surface area contributed by atoms with Crippen LogP contribution in [0.4, 0.5) is 0 Å². The highest BCUT2D eigenvalue weighted by atomic mass is 127. The van der Waals surface area contributed by atoms with Crippen molar-refractivity contribution in [3.05, 3.63) is 66.8 Å². The maximum atomic E-state index is 12.6. The topological polar surface area (TPSA) is 107 Å². The number of benzene rings is 2. The van der Waals surface area contributed by atoms with Crippen LogP contribution in [0.1, 0.15) is 22.8 Å². The molecule has 2 rings (SSSR count). The first kappa shape index (κ1) is 22.8. The minimum absolute atomic E-state index is 0.0937. The van der Waals surface area contributed by atoms with Gasteiger partial charge < -0.3 is 9.47 Å². The number of carbonyl (C=O) groups excluding carboxylic acids is 2. The van der Waals surface area contributed by atoms with E-state index < -0.39 is 22.1 Å². The van der Waals surface area contributed by atoms with E-state index in [0.717, 1.165) is 15.7 Å². The molecule has 0 bridgehead atoms. The highest BCUT2D eigenvalue weighted by Gasteiger charge is 2.19. The Morgan fingerprint density at radius 1 is 1.14 bits per heavy atom. The normalized spacial score (nSPS) is 11.0. The average Bonchev–Trinajstić information content (AvgIpc) is 2.59. The first-order valence-corrected chi connectivity index (χ1v) is 11.2. The summed E-state index contributed by atoms with van der Waals surface area (Å²) in [6.45, 7) is 4.90. The van der Waals surface area contributed by atoms with Crippen LogP contribution in [0.5, 0.6) is 5.75 Å². The third-order valence-electron chi connectivity index (χ3n) is 3.41. The fraction of sp³-hybridized carbons (Fsp3) is 0.111. The number of rotatable bonds is 6. The molecule has 0 aliphatic heterocycles. The van der Waals surface area contributed by atoms with Crippen molar-refractivity contribution in [3.8, 4) is 5.75 Å². The van der Waals surface area contributed by atoms with Crippen molar-refractivity contribution in [3.63, 3.8) is 0 Å². The van der Waals surface area contributed by atoms with Gasteiger partial charge in [-0.05, 0) is 88.5 Å². The predicted molar refractivity (Wildman–Crippen MR) is 118 cm³/mol. The van der Waals surface area contributed by atoms with Crippen LogP contribution in [0.25, 0.3) is 0 Å². The molecule has 2 aromatic carbocycles. The molecular weight excluding hydrogens is 614 g/mol. The summed E-state index contributed by atoms with van der Waals surface area (Å²) in [6, 6.07) is 8.16. The van der Waals surface area contributed by atoms with Gasteiger partial charge in [0.15, 0.2) is 0 Å². The largest absolute Gasteiger partial charge is 0.457 e. The van der Waals surface area contributed by atoms with Crippen LogP contribution in [0.2, 0.25) is 0 Å². The van der Waals surface area contributed by atoms with E-state index in [4.69, 9.17) is 14.0 Å². The molecule has 0 spiro atoms. The molecule has 0 radical (unpaired) electrons. The lowest BCUT2D eigenvalue weighted by atomic mass is 10.1. The van der Waals surface area contributed by atoms with E-state index in [2.05, 4.69) is 6.58 Å². The molecule has 0 atom stereocenters. The van der Waals surface area contributed by atoms with Crippen LogP contribution >= 0.6 is 45.2 Å². The molecule has 0 fully saturated rings. The Bertz CT molecular complexity index is 1040. The van der Waals surface area contributed by atoms with Gasteiger partial charge in [0.1, 0.15) is 12.4 Å². The van der Waals surface area contributed by atoms with Crippen molar-refractivity contribution in [2.75, 3.05) is 0 Å². The summed E-state index contributed by atoms with van der Waals surface area (Å²) < 4.78 is 43.1. The zero-order chi connectivity index (χ0) is 21.1. The van der Waals surface area contributed by atoms with Gasteiger partial charge in [-0.2, -0.15) is 8.42 Å². The monoisotopic (exact) mass is 628 g/mol. The molecule has 28 heavy (non-hydrogen) atoms. The van der Waals surface area contributed by atoms with Crippen molar-refractivity contribution < 1.29 is 32.0 Å². The van der Waals surface area contributed by atoms with Gasteiger partial charge in [0.2, 0.25) is 0 Å². The van der Waals surface area contributed by atoms with E-state index in [1.165, 1.54) is 19.1 Å². The average molecular weight is 628 g/mol. The van der Waals surface area contributed by atoms with Crippen molar-refractivity contribution in [2.45, 2.75) is 18.4 Å². The Hall–Kier alpha value is -1.51. The third-order valence-corrected chi connectivity index (χ3v) is 5.86. The molecule has 7 nitrogen and oxygen atoms in total. The van der Waals surface area contributed by atoms with Crippen LogP contribution in [-0.4, -0.2) is 24.9 Å². The van der Waals surface area contributed by atoms with Crippen molar-refractivity contribution in [2.24, 2.45) is 0 Å². The molecular formula is C18H14I2O7S. The molecule has 0 saturated carbocycles. The van der Waals surface area contributed by atoms with Gasteiger partial charge in [-0.3, -0.25) is 4.55 Å². The van der Waals surface area contributed by atoms with Gasteiger partial charge in [-0.25, -0.2) is 9.59 Å². The Labute approximate surface area is 189 Å². The van der Waals surface area contributed by atoms with Crippen LogP contribution in [-0.2, 0) is 26.3 Å². The lowest BCUT2D eigenvalue weighted by molar-refractivity contribution is -0.140. The smallest absolute Gasteiger partial charge is 0.344 e. The second-order valence-corrected chi connectivity index (χ2v) is 9.44. The van der Waals surface area contributed by atoms with Crippen molar-refractivity contribution in [1.29, 1.82) is 0 Å². The summed E-state index contributed by atoms with van der Waals surface area (Å²) in [6.07, 6.45) is 0. The fourth-order valence-electron chi connectivity index (χ4n) is 2.03. The Kier molecular flexibility index (Phi) is 7.59. The summed E-state index contributed by atoms with van der Waals surface area (Å²) >= 11 is 4.08. The molecule has 0 aliphatic carbocycles. The first-order valence-electron chi connectivity index (χ1n) is 7.59. The van der Waals surface area contributed by atoms with Gasteiger partial charge in [0.25, 0.3) is 10.1 Å². The second-order valence-electron chi connectivity index (χ2n) is 5.61. The Morgan fingerprint density at radius 2 is 1.75 bits per heavy atom. The molecule has 0 aromatic heterocycles. The second kappa shape index (κ2) is 9.33. The molecule has 148 valence electrons. The van der Waals surface area contributed by atoms with E-state index in [0.29, 0.717) is 9.13 Å². The van der Waals surface area contributed by atoms with Crippen LogP contribution in [0.3, 0.4) is 0 Å². The van der Waals surface area contributed by atoms with Crippen LogP contribution in [0, 0.1) is 7.14 Å². The fourth-order valence-corrected chi connectivity index (χ4v) is 4.52. The maximum Gasteiger partial charge on any atom is 0.344 e. The lowest BCUT2D eigenvalue weighted by Gasteiger charge is -2.13. The maximum absolute atomic E-state index is 12.6. The van der Waals surface area contributed by atoms with Gasteiger partial charge in [0.05, 0.1) is 10.5 Å². The van der Waals surface area contributed by atoms with Gasteiger partial charge >= 0.3 is 11.9 Å². The minimum atomic E-state index is -4.34.